The first kappa shape index (κ1) is 14.8. The van der Waals surface area contributed by atoms with Gasteiger partial charge in [0.1, 0.15) is 11.9 Å². The van der Waals surface area contributed by atoms with Crippen LogP contribution in [0.1, 0.15) is 11.1 Å². The van der Waals surface area contributed by atoms with Crippen LogP contribution >= 0.6 is 0 Å². The minimum Gasteiger partial charge on any atom is -0.397 e. The molecule has 0 radical (unpaired) electrons. The van der Waals surface area contributed by atoms with E-state index >= 15 is 0 Å². The van der Waals surface area contributed by atoms with E-state index in [1.54, 1.807) is 31.2 Å². The Labute approximate surface area is 121 Å². The first-order chi connectivity index (χ1) is 9.83. The molecular weight excluding hydrogens is 293 g/mol. The highest BCUT2D eigenvalue weighted by Gasteiger charge is 2.17. The van der Waals surface area contributed by atoms with E-state index in [1.165, 1.54) is 0 Å². The summed E-state index contributed by atoms with van der Waals surface area (Å²) in [4.78, 5) is -0.207. The maximum Gasteiger partial charge on any atom is 0.262 e. The monoisotopic (exact) mass is 305 g/mol. The van der Waals surface area contributed by atoms with Gasteiger partial charge in [-0.3, -0.25) is 4.72 Å². The maximum atomic E-state index is 13.2. The summed E-state index contributed by atoms with van der Waals surface area (Å²) in [6, 6.07) is 9.52. The molecule has 0 aromatic heterocycles. The van der Waals surface area contributed by atoms with Gasteiger partial charge in [-0.1, -0.05) is 6.07 Å². The minimum atomic E-state index is -3.95. The summed E-state index contributed by atoms with van der Waals surface area (Å²) in [5, 5.41) is 8.75. The Kier molecular flexibility index (Phi) is 3.82. The molecule has 0 fully saturated rings. The fourth-order valence-electron chi connectivity index (χ4n) is 1.72. The highest BCUT2D eigenvalue weighted by Crippen LogP contribution is 2.24. The molecule has 2 rings (SSSR count). The molecule has 0 aliphatic heterocycles. The van der Waals surface area contributed by atoms with Crippen LogP contribution in [0.25, 0.3) is 0 Å². The van der Waals surface area contributed by atoms with E-state index in [1.807, 2.05) is 0 Å². The van der Waals surface area contributed by atoms with Gasteiger partial charge in [-0.15, -0.1) is 0 Å². The Bertz CT molecular complexity index is 842. The topological polar surface area (TPSA) is 96.0 Å². The Morgan fingerprint density at radius 2 is 1.95 bits per heavy atom. The van der Waals surface area contributed by atoms with Crippen molar-refractivity contribution < 1.29 is 12.8 Å². The van der Waals surface area contributed by atoms with Crippen molar-refractivity contribution in [3.63, 3.8) is 0 Å². The molecule has 7 heteroatoms. The molecule has 0 atom stereocenters. The average molecular weight is 305 g/mol. The Morgan fingerprint density at radius 1 is 1.24 bits per heavy atom. The van der Waals surface area contributed by atoms with Gasteiger partial charge in [0.15, 0.2) is 0 Å². The Balaban J connectivity index is 2.44. The molecule has 0 aliphatic rings. The summed E-state index contributed by atoms with van der Waals surface area (Å²) < 4.78 is 40.1. The average Bonchev–Trinajstić information content (AvgIpc) is 2.43. The number of anilines is 2. The molecule has 0 aliphatic carbocycles. The maximum absolute atomic E-state index is 13.2. The molecule has 108 valence electrons. The van der Waals surface area contributed by atoms with E-state index in [9.17, 15) is 12.8 Å². The lowest BCUT2D eigenvalue weighted by molar-refractivity contribution is 0.599. The predicted molar refractivity (Wildman–Crippen MR) is 77.5 cm³/mol. The van der Waals surface area contributed by atoms with Gasteiger partial charge in [0.2, 0.25) is 0 Å². The molecule has 0 spiro atoms. The Hall–Kier alpha value is -2.59. The lowest BCUT2D eigenvalue weighted by atomic mass is 10.2. The molecule has 2 aromatic carbocycles. The zero-order valence-electron chi connectivity index (χ0n) is 11.1. The summed E-state index contributed by atoms with van der Waals surface area (Å²) in [6.07, 6.45) is 0. The zero-order valence-corrected chi connectivity index (χ0v) is 11.9. The number of halogens is 1. The molecule has 21 heavy (non-hydrogen) atoms. The number of aryl methyl sites for hydroxylation is 1. The molecule has 3 N–H and O–H groups in total. The number of nitrogens with zero attached hydrogens (tertiary/aromatic N) is 1. The number of hydrogen-bond donors (Lipinski definition) is 2. The van der Waals surface area contributed by atoms with Crippen molar-refractivity contribution >= 4 is 21.4 Å². The number of nitrogens with two attached hydrogens (primary N) is 1. The fraction of sp³-hybridized carbons (Fsp3) is 0.0714. The highest BCUT2D eigenvalue weighted by molar-refractivity contribution is 7.92. The molecule has 5 nitrogen and oxygen atoms in total. The van der Waals surface area contributed by atoms with Crippen molar-refractivity contribution in [1.82, 2.24) is 0 Å². The normalized spacial score (nSPS) is 10.9. The van der Waals surface area contributed by atoms with Crippen molar-refractivity contribution in [3.8, 4) is 6.07 Å². The second-order valence-electron chi connectivity index (χ2n) is 4.45. The van der Waals surface area contributed by atoms with Gasteiger partial charge in [-0.05, 0) is 42.8 Å². The van der Waals surface area contributed by atoms with Gasteiger partial charge in [0.05, 0.1) is 21.8 Å². The van der Waals surface area contributed by atoms with Crippen LogP contribution in [0.15, 0.2) is 41.3 Å². The summed E-state index contributed by atoms with van der Waals surface area (Å²) in [6.45, 7) is 1.79. The second kappa shape index (κ2) is 5.42. The van der Waals surface area contributed by atoms with Crippen LogP contribution in [-0.2, 0) is 10.0 Å². The number of hydrogen-bond acceptors (Lipinski definition) is 4. The summed E-state index contributed by atoms with van der Waals surface area (Å²) >= 11 is 0. The molecule has 0 saturated carbocycles. The van der Waals surface area contributed by atoms with E-state index in [0.29, 0.717) is 0 Å². The predicted octanol–water partition coefficient (Wildman–Crippen LogP) is 2.39. The third-order valence-electron chi connectivity index (χ3n) is 2.82. The van der Waals surface area contributed by atoms with Crippen molar-refractivity contribution in [1.29, 1.82) is 5.26 Å². The van der Waals surface area contributed by atoms with Gasteiger partial charge in [0.25, 0.3) is 10.0 Å². The zero-order chi connectivity index (χ0) is 15.6. The first-order valence-electron chi connectivity index (χ1n) is 5.92. The van der Waals surface area contributed by atoms with Gasteiger partial charge in [-0.25, -0.2) is 12.8 Å². The Morgan fingerprint density at radius 3 is 2.62 bits per heavy atom. The van der Waals surface area contributed by atoms with Gasteiger partial charge in [-0.2, -0.15) is 5.26 Å². The van der Waals surface area contributed by atoms with Crippen molar-refractivity contribution in [2.45, 2.75) is 11.8 Å². The van der Waals surface area contributed by atoms with Gasteiger partial charge >= 0.3 is 0 Å². The molecule has 0 amide bonds. The third-order valence-corrected chi connectivity index (χ3v) is 4.18. The van der Waals surface area contributed by atoms with Crippen LogP contribution in [-0.4, -0.2) is 8.42 Å². The summed E-state index contributed by atoms with van der Waals surface area (Å²) in [5.41, 5.74) is 6.71. The third kappa shape index (κ3) is 3.12. The summed E-state index contributed by atoms with van der Waals surface area (Å²) in [7, 11) is -3.95. The van der Waals surface area contributed by atoms with Crippen molar-refractivity contribution in [2.24, 2.45) is 0 Å². The highest BCUT2D eigenvalue weighted by atomic mass is 32.2. The van der Waals surface area contributed by atoms with Crippen LogP contribution in [0.4, 0.5) is 15.8 Å². The minimum absolute atomic E-state index is 0.207. The summed E-state index contributed by atoms with van der Waals surface area (Å²) in [5.74, 6) is -0.772. The van der Waals surface area contributed by atoms with Crippen LogP contribution in [0, 0.1) is 24.1 Å². The number of sulfonamides is 1. The van der Waals surface area contributed by atoms with Gasteiger partial charge in [0, 0.05) is 0 Å². The largest absolute Gasteiger partial charge is 0.397 e. The van der Waals surface area contributed by atoms with Crippen LogP contribution in [0.3, 0.4) is 0 Å². The van der Waals surface area contributed by atoms with Crippen LogP contribution < -0.4 is 10.5 Å². The lowest BCUT2D eigenvalue weighted by Crippen LogP contribution is -2.14. The molecule has 0 heterocycles. The van der Waals surface area contributed by atoms with Crippen LogP contribution in [0.2, 0.25) is 0 Å². The molecule has 0 bridgehead atoms. The number of nitrogen functional groups attached to an aromatic ring is 1. The van der Waals surface area contributed by atoms with E-state index in [4.69, 9.17) is 11.0 Å². The number of nitrogens with one attached hydrogen (secondary N) is 1. The quantitative estimate of drug-likeness (QED) is 0.851. The standard InChI is InChI=1S/C14H12FN3O2S/c1-9-2-5-13(17)14(6-9)18-21(19,20)11-3-4-12(15)10(7-11)8-16/h2-7,18H,17H2,1H3. The lowest BCUT2D eigenvalue weighted by Gasteiger charge is -2.11. The van der Waals surface area contributed by atoms with Crippen LogP contribution in [0.5, 0.6) is 0 Å². The molecule has 0 saturated heterocycles. The smallest absolute Gasteiger partial charge is 0.262 e. The van der Waals surface area contributed by atoms with E-state index < -0.39 is 15.8 Å². The second-order valence-corrected chi connectivity index (χ2v) is 6.13. The van der Waals surface area contributed by atoms with E-state index in [0.717, 1.165) is 23.8 Å². The SMILES string of the molecule is Cc1ccc(N)c(NS(=O)(=O)c2ccc(F)c(C#N)c2)c1. The fourth-order valence-corrected chi connectivity index (χ4v) is 2.82. The van der Waals surface area contributed by atoms with Crippen molar-refractivity contribution in [2.75, 3.05) is 10.5 Å². The van der Waals surface area contributed by atoms with E-state index in [2.05, 4.69) is 4.72 Å². The number of benzene rings is 2. The first-order valence-corrected chi connectivity index (χ1v) is 7.40. The molecule has 2 aromatic rings. The number of rotatable bonds is 3. The number of nitriles is 1. The molecular formula is C14H12FN3O2S. The van der Waals surface area contributed by atoms with Gasteiger partial charge < -0.3 is 5.73 Å². The molecule has 0 unspecified atom stereocenters. The van der Waals surface area contributed by atoms with E-state index in [-0.39, 0.29) is 21.8 Å². The van der Waals surface area contributed by atoms with Crippen molar-refractivity contribution in [3.05, 3.63) is 53.3 Å².